The Balaban J connectivity index is 1.67. The molecule has 5 nitrogen and oxygen atoms in total. The Morgan fingerprint density at radius 3 is 2.48 bits per heavy atom. The van der Waals surface area contributed by atoms with Crippen molar-refractivity contribution in [2.45, 2.75) is 25.5 Å². The maximum atomic E-state index is 12.1. The molecular weight excluding hydrogens is 292 g/mol. The lowest BCUT2D eigenvalue weighted by atomic mass is 10.1. The van der Waals surface area contributed by atoms with Gasteiger partial charge in [0.05, 0.1) is 12.1 Å². The number of Topliss-reactive ketones (excluding diaryl/α,β-unsaturated/α-hetero) is 1. The van der Waals surface area contributed by atoms with Gasteiger partial charge in [0.15, 0.2) is 5.78 Å². The largest absolute Gasteiger partial charge is 0.390 e. The Hall–Kier alpha value is -2.66. The predicted octanol–water partition coefficient (Wildman–Crippen LogP) is 2.67. The van der Waals surface area contributed by atoms with Crippen molar-refractivity contribution in [3.05, 3.63) is 65.2 Å². The fourth-order valence-corrected chi connectivity index (χ4v) is 2.84. The lowest BCUT2D eigenvalue weighted by Gasteiger charge is -2.18. The first-order chi connectivity index (χ1) is 11.0. The Bertz CT molecular complexity index is 740. The number of rotatable bonds is 3. The van der Waals surface area contributed by atoms with Gasteiger partial charge in [0, 0.05) is 17.7 Å². The number of aliphatic hydroxyl groups excluding tert-OH is 1. The van der Waals surface area contributed by atoms with Crippen LogP contribution in [0.4, 0.5) is 10.5 Å². The quantitative estimate of drug-likeness (QED) is 0.763. The molecule has 0 fully saturated rings. The molecule has 2 amide bonds. The molecule has 3 N–H and O–H groups in total. The summed E-state index contributed by atoms with van der Waals surface area (Å²) in [6, 6.07) is 13.6. The third-order valence-corrected chi connectivity index (χ3v) is 4.04. The van der Waals surface area contributed by atoms with Gasteiger partial charge in [-0.05, 0) is 42.3 Å². The van der Waals surface area contributed by atoms with Gasteiger partial charge in [-0.3, -0.25) is 4.79 Å². The van der Waals surface area contributed by atoms with E-state index in [1.807, 2.05) is 24.3 Å². The van der Waals surface area contributed by atoms with Crippen molar-refractivity contribution < 1.29 is 14.7 Å². The highest BCUT2D eigenvalue weighted by Gasteiger charge is 2.31. The zero-order valence-corrected chi connectivity index (χ0v) is 12.7. The van der Waals surface area contributed by atoms with Crippen molar-refractivity contribution in [1.82, 2.24) is 5.32 Å². The van der Waals surface area contributed by atoms with Crippen LogP contribution in [0.3, 0.4) is 0 Å². The molecule has 1 aliphatic rings. The number of urea groups is 1. The molecule has 3 rings (SSSR count). The number of nitrogens with one attached hydrogen (secondary N) is 2. The molecule has 2 aromatic rings. The Morgan fingerprint density at radius 2 is 1.78 bits per heavy atom. The molecule has 118 valence electrons. The number of hydrogen-bond acceptors (Lipinski definition) is 3. The summed E-state index contributed by atoms with van der Waals surface area (Å²) in [5, 5.41) is 15.7. The SMILES string of the molecule is CC(=O)c1ccc(NC(=O)N[C@@H]2c3ccccc3C[C@@H]2O)cc1. The zero-order valence-electron chi connectivity index (χ0n) is 12.7. The van der Waals surface area contributed by atoms with Gasteiger partial charge in [-0.25, -0.2) is 4.79 Å². The molecule has 0 saturated heterocycles. The average Bonchev–Trinajstić information content (AvgIpc) is 2.84. The summed E-state index contributed by atoms with van der Waals surface area (Å²) in [6.45, 7) is 1.49. The van der Waals surface area contributed by atoms with Crippen molar-refractivity contribution in [3.8, 4) is 0 Å². The molecule has 0 bridgehead atoms. The van der Waals surface area contributed by atoms with E-state index in [0.717, 1.165) is 11.1 Å². The summed E-state index contributed by atoms with van der Waals surface area (Å²) < 4.78 is 0. The summed E-state index contributed by atoms with van der Waals surface area (Å²) in [4.78, 5) is 23.4. The number of carbonyl (C=O) groups is 2. The van der Waals surface area contributed by atoms with Crippen LogP contribution in [-0.2, 0) is 6.42 Å². The van der Waals surface area contributed by atoms with Crippen molar-refractivity contribution in [2.24, 2.45) is 0 Å². The second kappa shape index (κ2) is 6.22. The minimum absolute atomic E-state index is 0.0216. The van der Waals surface area contributed by atoms with Gasteiger partial charge in [-0.1, -0.05) is 24.3 Å². The number of fused-ring (bicyclic) bond motifs is 1. The van der Waals surface area contributed by atoms with Gasteiger partial charge in [-0.2, -0.15) is 0 Å². The molecule has 0 saturated carbocycles. The Kier molecular flexibility index (Phi) is 4.12. The van der Waals surface area contributed by atoms with Crippen LogP contribution in [0.1, 0.15) is 34.5 Å². The fraction of sp³-hybridized carbons (Fsp3) is 0.222. The lowest BCUT2D eigenvalue weighted by Crippen LogP contribution is -2.36. The van der Waals surface area contributed by atoms with E-state index in [0.29, 0.717) is 17.7 Å². The minimum Gasteiger partial charge on any atom is -0.390 e. The average molecular weight is 310 g/mol. The van der Waals surface area contributed by atoms with E-state index < -0.39 is 12.1 Å². The van der Waals surface area contributed by atoms with Crippen LogP contribution in [-0.4, -0.2) is 23.0 Å². The van der Waals surface area contributed by atoms with E-state index in [9.17, 15) is 14.7 Å². The van der Waals surface area contributed by atoms with Gasteiger partial charge in [0.1, 0.15) is 0 Å². The number of carbonyl (C=O) groups excluding carboxylic acids is 2. The lowest BCUT2D eigenvalue weighted by molar-refractivity contribution is 0.101. The summed E-state index contributed by atoms with van der Waals surface area (Å²) in [6.07, 6.45) is -0.0905. The van der Waals surface area contributed by atoms with Crippen LogP contribution in [0.25, 0.3) is 0 Å². The van der Waals surface area contributed by atoms with Crippen LogP contribution in [0, 0.1) is 0 Å². The van der Waals surface area contributed by atoms with Crippen molar-refractivity contribution in [2.75, 3.05) is 5.32 Å². The van der Waals surface area contributed by atoms with E-state index >= 15 is 0 Å². The molecule has 0 aromatic heterocycles. The third kappa shape index (κ3) is 3.24. The molecular formula is C18H18N2O3. The van der Waals surface area contributed by atoms with Gasteiger partial charge in [0.2, 0.25) is 0 Å². The van der Waals surface area contributed by atoms with Gasteiger partial charge < -0.3 is 15.7 Å². The van der Waals surface area contributed by atoms with E-state index in [4.69, 9.17) is 0 Å². The molecule has 0 spiro atoms. The number of ketones is 1. The molecule has 0 aliphatic heterocycles. The first-order valence-electron chi connectivity index (χ1n) is 7.49. The van der Waals surface area contributed by atoms with Gasteiger partial charge in [-0.15, -0.1) is 0 Å². The smallest absolute Gasteiger partial charge is 0.319 e. The molecule has 0 heterocycles. The first-order valence-corrected chi connectivity index (χ1v) is 7.49. The van der Waals surface area contributed by atoms with E-state index in [-0.39, 0.29) is 11.8 Å². The fourth-order valence-electron chi connectivity index (χ4n) is 2.84. The number of aliphatic hydroxyl groups is 1. The Labute approximate surface area is 134 Å². The monoisotopic (exact) mass is 310 g/mol. The molecule has 0 radical (unpaired) electrons. The summed E-state index contributed by atoms with van der Waals surface area (Å²) in [5.74, 6) is -0.0216. The van der Waals surface area contributed by atoms with E-state index in [2.05, 4.69) is 10.6 Å². The first kappa shape index (κ1) is 15.2. The molecule has 2 atom stereocenters. The van der Waals surface area contributed by atoms with Crippen LogP contribution >= 0.6 is 0 Å². The summed E-state index contributed by atoms with van der Waals surface area (Å²) >= 11 is 0. The normalized spacial score (nSPS) is 19.0. The van der Waals surface area contributed by atoms with Crippen LogP contribution in [0.15, 0.2) is 48.5 Å². The highest BCUT2D eigenvalue weighted by atomic mass is 16.3. The number of hydrogen-bond donors (Lipinski definition) is 3. The second-order valence-corrected chi connectivity index (χ2v) is 5.68. The van der Waals surface area contributed by atoms with Crippen molar-refractivity contribution >= 4 is 17.5 Å². The number of amides is 2. The van der Waals surface area contributed by atoms with Crippen molar-refractivity contribution in [1.29, 1.82) is 0 Å². The van der Waals surface area contributed by atoms with Gasteiger partial charge >= 0.3 is 6.03 Å². The summed E-state index contributed by atoms with van der Waals surface area (Å²) in [7, 11) is 0. The minimum atomic E-state index is -0.627. The molecule has 2 aromatic carbocycles. The summed E-state index contributed by atoms with van der Waals surface area (Å²) in [5.41, 5.74) is 3.18. The molecule has 5 heteroatoms. The van der Waals surface area contributed by atoms with Crippen molar-refractivity contribution in [3.63, 3.8) is 0 Å². The van der Waals surface area contributed by atoms with Crippen LogP contribution in [0.5, 0.6) is 0 Å². The van der Waals surface area contributed by atoms with E-state index in [1.54, 1.807) is 24.3 Å². The highest BCUT2D eigenvalue weighted by molar-refractivity contribution is 5.95. The maximum Gasteiger partial charge on any atom is 0.319 e. The van der Waals surface area contributed by atoms with Crippen LogP contribution in [0.2, 0.25) is 0 Å². The van der Waals surface area contributed by atoms with E-state index in [1.165, 1.54) is 6.92 Å². The zero-order chi connectivity index (χ0) is 16.4. The number of anilines is 1. The maximum absolute atomic E-state index is 12.1. The standard InChI is InChI=1S/C18H18N2O3/c1-11(21)12-6-8-14(9-7-12)19-18(23)20-17-15-5-3-2-4-13(15)10-16(17)22/h2-9,16-17,22H,10H2,1H3,(H2,19,20,23)/t16-,17+/m0/s1. The topological polar surface area (TPSA) is 78.4 Å². The van der Waals surface area contributed by atoms with Gasteiger partial charge in [0.25, 0.3) is 0 Å². The third-order valence-electron chi connectivity index (χ3n) is 4.04. The Morgan fingerprint density at radius 1 is 1.09 bits per heavy atom. The molecule has 1 aliphatic carbocycles. The number of benzene rings is 2. The molecule has 23 heavy (non-hydrogen) atoms. The van der Waals surface area contributed by atoms with Crippen LogP contribution < -0.4 is 10.6 Å². The highest BCUT2D eigenvalue weighted by Crippen LogP contribution is 2.31. The second-order valence-electron chi connectivity index (χ2n) is 5.68. The molecule has 0 unspecified atom stereocenters. The predicted molar refractivity (Wildman–Crippen MR) is 87.5 cm³/mol.